The Morgan fingerprint density at radius 1 is 1.31 bits per heavy atom. The molecular formula is C15H19N. The van der Waals surface area contributed by atoms with Crippen LogP contribution in [-0.4, -0.2) is 0 Å². The van der Waals surface area contributed by atoms with Crippen molar-refractivity contribution >= 4 is 5.69 Å². The standard InChI is InChI=1S/C15H19N/c1-2-9-15(10-4-3-5-11-15)13-7-6-8-14(16)12-13/h3-8,10,12H,2,9,11,16H2,1H3. The van der Waals surface area contributed by atoms with Crippen LogP contribution in [0.15, 0.2) is 48.6 Å². The molecular weight excluding hydrogens is 194 g/mol. The van der Waals surface area contributed by atoms with Gasteiger partial charge in [0.15, 0.2) is 0 Å². The van der Waals surface area contributed by atoms with Gasteiger partial charge in [0.2, 0.25) is 0 Å². The molecule has 1 aliphatic rings. The van der Waals surface area contributed by atoms with Crippen LogP contribution in [0.25, 0.3) is 0 Å². The smallest absolute Gasteiger partial charge is 0.0317 e. The van der Waals surface area contributed by atoms with Crippen LogP contribution in [0.1, 0.15) is 31.7 Å². The molecule has 84 valence electrons. The molecule has 0 amide bonds. The Morgan fingerprint density at radius 2 is 2.19 bits per heavy atom. The zero-order valence-corrected chi connectivity index (χ0v) is 9.82. The highest BCUT2D eigenvalue weighted by Gasteiger charge is 2.28. The van der Waals surface area contributed by atoms with Gasteiger partial charge in [-0.1, -0.05) is 49.8 Å². The van der Waals surface area contributed by atoms with Crippen molar-refractivity contribution in [3.05, 3.63) is 54.1 Å². The van der Waals surface area contributed by atoms with Gasteiger partial charge in [0.25, 0.3) is 0 Å². The highest BCUT2D eigenvalue weighted by molar-refractivity contribution is 5.46. The van der Waals surface area contributed by atoms with E-state index in [0.717, 1.165) is 12.1 Å². The summed E-state index contributed by atoms with van der Waals surface area (Å²) < 4.78 is 0. The molecule has 16 heavy (non-hydrogen) atoms. The van der Waals surface area contributed by atoms with Gasteiger partial charge < -0.3 is 5.73 Å². The van der Waals surface area contributed by atoms with Crippen LogP contribution in [0.2, 0.25) is 0 Å². The van der Waals surface area contributed by atoms with E-state index in [1.54, 1.807) is 0 Å². The van der Waals surface area contributed by atoms with Crippen molar-refractivity contribution in [1.29, 1.82) is 0 Å². The molecule has 0 saturated heterocycles. The van der Waals surface area contributed by atoms with Crippen molar-refractivity contribution in [2.45, 2.75) is 31.6 Å². The van der Waals surface area contributed by atoms with Gasteiger partial charge in [-0.15, -0.1) is 0 Å². The summed E-state index contributed by atoms with van der Waals surface area (Å²) in [6.07, 6.45) is 12.3. The molecule has 0 bridgehead atoms. The van der Waals surface area contributed by atoms with Gasteiger partial charge in [0.05, 0.1) is 0 Å². The third-order valence-electron chi connectivity index (χ3n) is 3.30. The third-order valence-corrected chi connectivity index (χ3v) is 3.30. The summed E-state index contributed by atoms with van der Waals surface area (Å²) >= 11 is 0. The van der Waals surface area contributed by atoms with Crippen molar-refractivity contribution in [1.82, 2.24) is 0 Å². The fraction of sp³-hybridized carbons (Fsp3) is 0.333. The van der Waals surface area contributed by atoms with Crippen LogP contribution < -0.4 is 5.73 Å². The van der Waals surface area contributed by atoms with Crippen LogP contribution >= 0.6 is 0 Å². The second-order valence-electron chi connectivity index (χ2n) is 4.52. The molecule has 2 N–H and O–H groups in total. The molecule has 0 fully saturated rings. The lowest BCUT2D eigenvalue weighted by Crippen LogP contribution is -2.24. The Labute approximate surface area is 97.7 Å². The van der Waals surface area contributed by atoms with E-state index >= 15 is 0 Å². The Balaban J connectivity index is 2.39. The number of nitrogen functional groups attached to an aromatic ring is 1. The van der Waals surface area contributed by atoms with Crippen LogP contribution in [-0.2, 0) is 5.41 Å². The molecule has 0 spiro atoms. The molecule has 1 aliphatic carbocycles. The van der Waals surface area contributed by atoms with Crippen molar-refractivity contribution in [3.63, 3.8) is 0 Å². The molecule has 2 rings (SSSR count). The summed E-state index contributed by atoms with van der Waals surface area (Å²) in [4.78, 5) is 0. The van der Waals surface area contributed by atoms with E-state index < -0.39 is 0 Å². The highest BCUT2D eigenvalue weighted by Crippen LogP contribution is 2.37. The maximum atomic E-state index is 5.88. The quantitative estimate of drug-likeness (QED) is 0.759. The van der Waals surface area contributed by atoms with E-state index in [1.807, 2.05) is 12.1 Å². The summed E-state index contributed by atoms with van der Waals surface area (Å²) in [6, 6.07) is 8.30. The summed E-state index contributed by atoms with van der Waals surface area (Å²) in [5, 5.41) is 0. The lowest BCUT2D eigenvalue weighted by atomic mass is 9.72. The van der Waals surface area contributed by atoms with Crippen molar-refractivity contribution in [2.75, 3.05) is 5.73 Å². The first-order chi connectivity index (χ1) is 7.77. The van der Waals surface area contributed by atoms with Gasteiger partial charge >= 0.3 is 0 Å². The Kier molecular flexibility index (Phi) is 3.14. The molecule has 1 heteroatoms. The van der Waals surface area contributed by atoms with E-state index in [-0.39, 0.29) is 5.41 Å². The normalized spacial score (nSPS) is 23.6. The second kappa shape index (κ2) is 4.56. The Bertz CT molecular complexity index is 417. The van der Waals surface area contributed by atoms with Gasteiger partial charge in [-0.25, -0.2) is 0 Å². The molecule has 0 saturated carbocycles. The lowest BCUT2D eigenvalue weighted by Gasteiger charge is -2.32. The molecule has 1 aromatic rings. The first kappa shape index (κ1) is 11.0. The number of rotatable bonds is 3. The van der Waals surface area contributed by atoms with Crippen LogP contribution in [0.4, 0.5) is 5.69 Å². The number of hydrogen-bond donors (Lipinski definition) is 1. The van der Waals surface area contributed by atoms with E-state index in [4.69, 9.17) is 5.73 Å². The van der Waals surface area contributed by atoms with Crippen LogP contribution in [0, 0.1) is 0 Å². The first-order valence-corrected chi connectivity index (χ1v) is 5.97. The molecule has 1 unspecified atom stereocenters. The third kappa shape index (κ3) is 2.04. The van der Waals surface area contributed by atoms with E-state index in [9.17, 15) is 0 Å². The number of hydrogen-bond acceptors (Lipinski definition) is 1. The lowest BCUT2D eigenvalue weighted by molar-refractivity contribution is 0.485. The van der Waals surface area contributed by atoms with Gasteiger partial charge in [-0.2, -0.15) is 0 Å². The highest BCUT2D eigenvalue weighted by atomic mass is 14.5. The molecule has 0 heterocycles. The van der Waals surface area contributed by atoms with Gasteiger partial charge in [-0.3, -0.25) is 0 Å². The van der Waals surface area contributed by atoms with Gasteiger partial charge in [0.1, 0.15) is 0 Å². The second-order valence-corrected chi connectivity index (χ2v) is 4.52. The SMILES string of the molecule is CCCC1(c2cccc(N)c2)C=CC=CC1. The Hall–Kier alpha value is -1.50. The van der Waals surface area contributed by atoms with Crippen molar-refractivity contribution < 1.29 is 0 Å². The maximum absolute atomic E-state index is 5.88. The molecule has 1 aromatic carbocycles. The van der Waals surface area contributed by atoms with Crippen molar-refractivity contribution in [3.8, 4) is 0 Å². The minimum atomic E-state index is 0.166. The number of benzene rings is 1. The summed E-state index contributed by atoms with van der Waals surface area (Å²) in [5.41, 5.74) is 8.24. The molecule has 1 atom stereocenters. The summed E-state index contributed by atoms with van der Waals surface area (Å²) in [7, 11) is 0. The number of anilines is 1. The predicted molar refractivity (Wildman–Crippen MR) is 70.3 cm³/mol. The van der Waals surface area contributed by atoms with Crippen molar-refractivity contribution in [2.24, 2.45) is 0 Å². The summed E-state index contributed by atoms with van der Waals surface area (Å²) in [6.45, 7) is 2.24. The zero-order chi connectivity index (χ0) is 11.4. The monoisotopic (exact) mass is 213 g/mol. The average Bonchev–Trinajstić information content (AvgIpc) is 2.31. The maximum Gasteiger partial charge on any atom is 0.0317 e. The minimum Gasteiger partial charge on any atom is -0.399 e. The first-order valence-electron chi connectivity index (χ1n) is 5.97. The Morgan fingerprint density at radius 3 is 2.81 bits per heavy atom. The number of nitrogens with two attached hydrogens (primary N) is 1. The zero-order valence-electron chi connectivity index (χ0n) is 9.82. The average molecular weight is 213 g/mol. The fourth-order valence-electron chi connectivity index (χ4n) is 2.50. The minimum absolute atomic E-state index is 0.166. The summed E-state index contributed by atoms with van der Waals surface area (Å²) in [5.74, 6) is 0. The fourth-order valence-corrected chi connectivity index (χ4v) is 2.50. The molecule has 0 aromatic heterocycles. The van der Waals surface area contributed by atoms with Gasteiger partial charge in [-0.05, 0) is 30.5 Å². The predicted octanol–water partition coefficient (Wildman–Crippen LogP) is 3.82. The molecule has 1 nitrogen and oxygen atoms in total. The topological polar surface area (TPSA) is 26.0 Å². The number of allylic oxidation sites excluding steroid dienone is 4. The largest absolute Gasteiger partial charge is 0.399 e. The van der Waals surface area contributed by atoms with Crippen LogP contribution in [0.3, 0.4) is 0 Å². The van der Waals surface area contributed by atoms with Crippen LogP contribution in [0.5, 0.6) is 0 Å². The van der Waals surface area contributed by atoms with E-state index in [2.05, 4.69) is 43.4 Å². The van der Waals surface area contributed by atoms with E-state index in [0.29, 0.717) is 0 Å². The molecule has 0 radical (unpaired) electrons. The molecule has 0 aliphatic heterocycles. The van der Waals surface area contributed by atoms with Gasteiger partial charge in [0, 0.05) is 11.1 Å². The van der Waals surface area contributed by atoms with E-state index in [1.165, 1.54) is 18.4 Å².